The molecule has 0 radical (unpaired) electrons. The number of H-pyrrole nitrogens is 1. The summed E-state index contributed by atoms with van der Waals surface area (Å²) in [4.78, 5) is 16.0. The molecule has 0 aliphatic heterocycles. The summed E-state index contributed by atoms with van der Waals surface area (Å²) in [6.45, 7) is 3.75. The van der Waals surface area contributed by atoms with Gasteiger partial charge < -0.3 is 5.32 Å². The largest absolute Gasteiger partial charge is 0.318 e. The molecule has 19 heavy (non-hydrogen) atoms. The Morgan fingerprint density at radius 1 is 1.37 bits per heavy atom. The summed E-state index contributed by atoms with van der Waals surface area (Å²) >= 11 is 12.0. The average molecular weight is 299 g/mol. The lowest BCUT2D eigenvalue weighted by Gasteiger charge is -2.07. The molecular formula is C12H12Cl2N4O. The fourth-order valence-corrected chi connectivity index (χ4v) is 1.90. The Morgan fingerprint density at radius 2 is 2.11 bits per heavy atom. The van der Waals surface area contributed by atoms with Crippen molar-refractivity contribution in [2.24, 2.45) is 0 Å². The minimum Gasteiger partial charge on any atom is -0.318 e. The van der Waals surface area contributed by atoms with Crippen molar-refractivity contribution >= 4 is 34.8 Å². The van der Waals surface area contributed by atoms with E-state index in [2.05, 4.69) is 20.5 Å². The standard InChI is InChI=1S/C12H12Cl2N4O/c1-3-10-16-11(18-17-10)12(19)15-9-5-7(13)6(2)4-8(9)14/h4-5H,3H2,1-2H3,(H,15,19)(H,16,17,18). The molecule has 0 saturated carbocycles. The molecule has 0 aliphatic rings. The van der Waals surface area contributed by atoms with Crippen molar-refractivity contribution in [2.75, 3.05) is 5.32 Å². The molecule has 1 heterocycles. The van der Waals surface area contributed by atoms with Crippen molar-refractivity contribution in [3.8, 4) is 0 Å². The number of nitrogens with zero attached hydrogens (tertiary/aromatic N) is 2. The molecule has 2 aromatic rings. The van der Waals surface area contributed by atoms with E-state index in [1.807, 2.05) is 13.8 Å². The highest BCUT2D eigenvalue weighted by Crippen LogP contribution is 2.28. The maximum atomic E-state index is 11.9. The first-order chi connectivity index (χ1) is 9.01. The molecule has 1 amide bonds. The SMILES string of the molecule is CCc1nc(C(=O)Nc2cc(Cl)c(C)cc2Cl)n[nH]1. The average Bonchev–Trinajstić information content (AvgIpc) is 2.84. The molecule has 0 unspecified atom stereocenters. The van der Waals surface area contributed by atoms with Crippen molar-refractivity contribution in [1.29, 1.82) is 0 Å². The van der Waals surface area contributed by atoms with Crippen LogP contribution in [0.25, 0.3) is 0 Å². The summed E-state index contributed by atoms with van der Waals surface area (Å²) in [6, 6.07) is 3.29. The summed E-state index contributed by atoms with van der Waals surface area (Å²) < 4.78 is 0. The van der Waals surface area contributed by atoms with Crippen molar-refractivity contribution in [3.05, 3.63) is 39.4 Å². The number of anilines is 1. The van der Waals surface area contributed by atoms with Gasteiger partial charge in [0, 0.05) is 11.4 Å². The summed E-state index contributed by atoms with van der Waals surface area (Å²) in [7, 11) is 0. The van der Waals surface area contributed by atoms with E-state index < -0.39 is 5.91 Å². The number of hydrogen-bond donors (Lipinski definition) is 2. The lowest BCUT2D eigenvalue weighted by atomic mass is 10.2. The van der Waals surface area contributed by atoms with Crippen LogP contribution in [0.1, 0.15) is 28.9 Å². The zero-order chi connectivity index (χ0) is 14.0. The second kappa shape index (κ2) is 5.59. The predicted octanol–water partition coefficient (Wildman–Crippen LogP) is 3.23. The van der Waals surface area contributed by atoms with Crippen LogP contribution in [0, 0.1) is 6.92 Å². The summed E-state index contributed by atoms with van der Waals surface area (Å²) in [5.74, 6) is 0.292. The van der Waals surface area contributed by atoms with E-state index in [0.717, 1.165) is 5.56 Å². The Bertz CT molecular complexity index is 624. The first-order valence-corrected chi connectivity index (χ1v) is 6.45. The fraction of sp³-hybridized carbons (Fsp3) is 0.250. The van der Waals surface area contributed by atoms with Gasteiger partial charge in [-0.25, -0.2) is 4.98 Å². The molecule has 1 aromatic carbocycles. The molecule has 2 N–H and O–H groups in total. The minimum atomic E-state index is -0.433. The molecule has 0 spiro atoms. The van der Waals surface area contributed by atoms with Crippen LogP contribution >= 0.6 is 23.2 Å². The van der Waals surface area contributed by atoms with Crippen LogP contribution < -0.4 is 5.32 Å². The minimum absolute atomic E-state index is 0.0737. The molecule has 2 rings (SSSR count). The van der Waals surface area contributed by atoms with Gasteiger partial charge >= 0.3 is 0 Å². The molecule has 1 aromatic heterocycles. The van der Waals surface area contributed by atoms with Gasteiger partial charge in [-0.3, -0.25) is 9.89 Å². The Hall–Kier alpha value is -1.59. The lowest BCUT2D eigenvalue weighted by Crippen LogP contribution is -2.14. The zero-order valence-electron chi connectivity index (χ0n) is 10.4. The first-order valence-electron chi connectivity index (χ1n) is 5.69. The second-order valence-corrected chi connectivity index (χ2v) is 4.81. The molecule has 5 nitrogen and oxygen atoms in total. The van der Waals surface area contributed by atoms with E-state index in [1.54, 1.807) is 12.1 Å². The van der Waals surface area contributed by atoms with E-state index in [9.17, 15) is 4.79 Å². The number of aromatic amines is 1. The summed E-state index contributed by atoms with van der Waals surface area (Å²) in [5, 5.41) is 10.1. The number of carbonyl (C=O) groups excluding carboxylic acids is 1. The van der Waals surface area contributed by atoms with E-state index in [0.29, 0.717) is 28.0 Å². The number of nitrogens with one attached hydrogen (secondary N) is 2. The van der Waals surface area contributed by atoms with E-state index >= 15 is 0 Å². The quantitative estimate of drug-likeness (QED) is 0.914. The highest BCUT2D eigenvalue weighted by Gasteiger charge is 2.14. The number of aromatic nitrogens is 3. The Balaban J connectivity index is 2.21. The molecule has 0 bridgehead atoms. The van der Waals surface area contributed by atoms with Crippen LogP contribution in [0.3, 0.4) is 0 Å². The maximum Gasteiger partial charge on any atom is 0.295 e. The van der Waals surface area contributed by atoms with Gasteiger partial charge in [0.2, 0.25) is 5.82 Å². The molecule has 0 saturated heterocycles. The van der Waals surface area contributed by atoms with Crippen LogP contribution in [0.5, 0.6) is 0 Å². The van der Waals surface area contributed by atoms with Gasteiger partial charge in [0.15, 0.2) is 0 Å². The Morgan fingerprint density at radius 3 is 2.74 bits per heavy atom. The van der Waals surface area contributed by atoms with Gasteiger partial charge in [-0.1, -0.05) is 30.1 Å². The third kappa shape index (κ3) is 3.05. The van der Waals surface area contributed by atoms with Gasteiger partial charge in [0.1, 0.15) is 5.82 Å². The first kappa shape index (κ1) is 13.8. The number of carbonyl (C=O) groups is 1. The van der Waals surface area contributed by atoms with E-state index in [1.165, 1.54) is 0 Å². The van der Waals surface area contributed by atoms with Gasteiger partial charge in [-0.15, -0.1) is 5.10 Å². The lowest BCUT2D eigenvalue weighted by molar-refractivity contribution is 0.101. The molecule has 7 heteroatoms. The highest BCUT2D eigenvalue weighted by atomic mass is 35.5. The third-order valence-corrected chi connectivity index (χ3v) is 3.29. The van der Waals surface area contributed by atoms with Crippen molar-refractivity contribution in [3.63, 3.8) is 0 Å². The summed E-state index contributed by atoms with van der Waals surface area (Å²) in [5.41, 5.74) is 1.28. The van der Waals surface area contributed by atoms with Gasteiger partial charge in [-0.05, 0) is 24.6 Å². The third-order valence-electron chi connectivity index (χ3n) is 2.57. The Kier molecular flexibility index (Phi) is 4.07. The zero-order valence-corrected chi connectivity index (χ0v) is 11.9. The molecule has 0 aliphatic carbocycles. The number of rotatable bonds is 3. The molecule has 0 atom stereocenters. The number of amides is 1. The number of aryl methyl sites for hydroxylation is 2. The Labute approximate surface area is 120 Å². The van der Waals surface area contributed by atoms with Crippen molar-refractivity contribution in [1.82, 2.24) is 15.2 Å². The maximum absolute atomic E-state index is 11.9. The molecule has 0 fully saturated rings. The van der Waals surface area contributed by atoms with E-state index in [4.69, 9.17) is 23.2 Å². The summed E-state index contributed by atoms with van der Waals surface area (Å²) in [6.07, 6.45) is 0.678. The van der Waals surface area contributed by atoms with Crippen LogP contribution in [-0.4, -0.2) is 21.1 Å². The highest BCUT2D eigenvalue weighted by molar-refractivity contribution is 6.36. The number of benzene rings is 1. The fourth-order valence-electron chi connectivity index (χ4n) is 1.48. The van der Waals surface area contributed by atoms with Crippen molar-refractivity contribution < 1.29 is 4.79 Å². The molecule has 100 valence electrons. The van der Waals surface area contributed by atoms with Gasteiger partial charge in [0.05, 0.1) is 10.7 Å². The topological polar surface area (TPSA) is 70.7 Å². The van der Waals surface area contributed by atoms with Crippen LogP contribution in [-0.2, 0) is 6.42 Å². The molecular weight excluding hydrogens is 287 g/mol. The van der Waals surface area contributed by atoms with Crippen molar-refractivity contribution in [2.45, 2.75) is 20.3 Å². The van der Waals surface area contributed by atoms with Gasteiger partial charge in [-0.2, -0.15) is 0 Å². The predicted molar refractivity (Wildman–Crippen MR) is 74.9 cm³/mol. The van der Waals surface area contributed by atoms with E-state index in [-0.39, 0.29) is 5.82 Å². The smallest absolute Gasteiger partial charge is 0.295 e. The monoisotopic (exact) mass is 298 g/mol. The van der Waals surface area contributed by atoms with Crippen LogP contribution in [0.15, 0.2) is 12.1 Å². The number of hydrogen-bond acceptors (Lipinski definition) is 3. The second-order valence-electron chi connectivity index (χ2n) is 3.99. The van der Waals surface area contributed by atoms with Gasteiger partial charge in [0.25, 0.3) is 5.91 Å². The van der Waals surface area contributed by atoms with Crippen LogP contribution in [0.2, 0.25) is 10.0 Å². The number of halogens is 2. The van der Waals surface area contributed by atoms with Crippen LogP contribution in [0.4, 0.5) is 5.69 Å². The normalized spacial score (nSPS) is 10.5.